The molecule has 1 rings (SSSR count). The number of ether oxygens (including phenoxy) is 2. The highest BCUT2D eigenvalue weighted by atomic mass is 16.5. The molecular formula is C13H22O3. The van der Waals surface area contributed by atoms with E-state index in [4.69, 9.17) is 9.47 Å². The van der Waals surface area contributed by atoms with E-state index in [0.29, 0.717) is 24.2 Å². The van der Waals surface area contributed by atoms with Crippen molar-refractivity contribution in [3.63, 3.8) is 0 Å². The molecule has 0 aromatic heterocycles. The van der Waals surface area contributed by atoms with Crippen molar-refractivity contribution in [1.82, 2.24) is 0 Å². The molecule has 2 atom stereocenters. The Balaban J connectivity index is 2.17. The van der Waals surface area contributed by atoms with Gasteiger partial charge in [0.2, 0.25) is 0 Å². The van der Waals surface area contributed by atoms with Gasteiger partial charge in [-0.2, -0.15) is 0 Å². The van der Waals surface area contributed by atoms with Crippen LogP contribution in [0.4, 0.5) is 0 Å². The summed E-state index contributed by atoms with van der Waals surface area (Å²) in [5.74, 6) is 0.357. The van der Waals surface area contributed by atoms with Crippen molar-refractivity contribution in [3.8, 4) is 0 Å². The molecule has 0 heterocycles. The SMILES string of the molecule is C=C(C)C(=O)OCCC1CCCC(OC)C1. The fraction of sp³-hybridized carbons (Fsp3) is 0.769. The van der Waals surface area contributed by atoms with Crippen LogP contribution in [0.2, 0.25) is 0 Å². The summed E-state index contributed by atoms with van der Waals surface area (Å²) in [7, 11) is 1.77. The molecule has 0 aliphatic heterocycles. The minimum absolute atomic E-state index is 0.279. The second-order valence-corrected chi connectivity index (χ2v) is 4.60. The molecular weight excluding hydrogens is 204 g/mol. The smallest absolute Gasteiger partial charge is 0.333 e. The minimum atomic E-state index is -0.279. The number of hydrogen-bond acceptors (Lipinski definition) is 3. The first kappa shape index (κ1) is 13.2. The summed E-state index contributed by atoms with van der Waals surface area (Å²) in [6.07, 6.45) is 6.05. The van der Waals surface area contributed by atoms with Gasteiger partial charge in [0.1, 0.15) is 0 Å². The maximum absolute atomic E-state index is 11.2. The van der Waals surface area contributed by atoms with Gasteiger partial charge in [-0.15, -0.1) is 0 Å². The molecule has 0 aromatic carbocycles. The van der Waals surface area contributed by atoms with Gasteiger partial charge >= 0.3 is 5.97 Å². The quantitative estimate of drug-likeness (QED) is 0.534. The molecule has 1 aliphatic rings. The van der Waals surface area contributed by atoms with Gasteiger partial charge in [-0.05, 0) is 32.1 Å². The van der Waals surface area contributed by atoms with E-state index >= 15 is 0 Å². The van der Waals surface area contributed by atoms with Crippen LogP contribution in [0.5, 0.6) is 0 Å². The molecule has 3 heteroatoms. The van der Waals surface area contributed by atoms with Crippen molar-refractivity contribution >= 4 is 5.97 Å². The van der Waals surface area contributed by atoms with Crippen molar-refractivity contribution in [2.45, 2.75) is 45.1 Å². The molecule has 1 aliphatic carbocycles. The Morgan fingerprint density at radius 2 is 2.19 bits per heavy atom. The van der Waals surface area contributed by atoms with Crippen LogP contribution >= 0.6 is 0 Å². The van der Waals surface area contributed by atoms with Crippen LogP contribution in [0.3, 0.4) is 0 Å². The second kappa shape index (κ2) is 6.69. The van der Waals surface area contributed by atoms with Crippen LogP contribution in [0.25, 0.3) is 0 Å². The standard InChI is InChI=1S/C13H22O3/c1-10(2)13(14)16-8-7-11-5-4-6-12(9-11)15-3/h11-12H,1,4-9H2,2-3H3. The number of hydrogen-bond donors (Lipinski definition) is 0. The summed E-state index contributed by atoms with van der Waals surface area (Å²) in [6, 6.07) is 0. The van der Waals surface area contributed by atoms with Gasteiger partial charge in [-0.1, -0.05) is 19.4 Å². The molecule has 0 saturated heterocycles. The van der Waals surface area contributed by atoms with Crippen molar-refractivity contribution in [2.75, 3.05) is 13.7 Å². The first-order valence-electron chi connectivity index (χ1n) is 5.99. The molecule has 0 radical (unpaired) electrons. The lowest BCUT2D eigenvalue weighted by molar-refractivity contribution is -0.139. The number of esters is 1. The summed E-state index contributed by atoms with van der Waals surface area (Å²) in [4.78, 5) is 11.2. The lowest BCUT2D eigenvalue weighted by atomic mass is 9.85. The third-order valence-electron chi connectivity index (χ3n) is 3.18. The summed E-state index contributed by atoms with van der Waals surface area (Å²) in [6.45, 7) is 5.73. The van der Waals surface area contributed by atoms with Crippen molar-refractivity contribution < 1.29 is 14.3 Å². The number of carbonyl (C=O) groups is 1. The molecule has 92 valence electrons. The summed E-state index contributed by atoms with van der Waals surface area (Å²) >= 11 is 0. The maximum Gasteiger partial charge on any atom is 0.333 e. The molecule has 0 N–H and O–H groups in total. The van der Waals surface area contributed by atoms with Gasteiger partial charge in [0, 0.05) is 12.7 Å². The fourth-order valence-electron chi connectivity index (χ4n) is 2.16. The van der Waals surface area contributed by atoms with Crippen LogP contribution in [-0.4, -0.2) is 25.8 Å². The zero-order valence-electron chi connectivity index (χ0n) is 10.3. The molecule has 16 heavy (non-hydrogen) atoms. The predicted molar refractivity (Wildman–Crippen MR) is 63.1 cm³/mol. The largest absolute Gasteiger partial charge is 0.462 e. The van der Waals surface area contributed by atoms with E-state index in [-0.39, 0.29) is 5.97 Å². The third-order valence-corrected chi connectivity index (χ3v) is 3.18. The van der Waals surface area contributed by atoms with Crippen molar-refractivity contribution in [3.05, 3.63) is 12.2 Å². The minimum Gasteiger partial charge on any atom is -0.462 e. The lowest BCUT2D eigenvalue weighted by Gasteiger charge is -2.27. The highest BCUT2D eigenvalue weighted by Gasteiger charge is 2.21. The van der Waals surface area contributed by atoms with Crippen LogP contribution < -0.4 is 0 Å². The van der Waals surface area contributed by atoms with E-state index in [0.717, 1.165) is 12.8 Å². The normalized spacial score (nSPS) is 25.1. The van der Waals surface area contributed by atoms with E-state index in [9.17, 15) is 4.79 Å². The average Bonchev–Trinajstić information content (AvgIpc) is 2.29. The van der Waals surface area contributed by atoms with E-state index in [2.05, 4.69) is 6.58 Å². The van der Waals surface area contributed by atoms with Crippen LogP contribution in [-0.2, 0) is 14.3 Å². The highest BCUT2D eigenvalue weighted by molar-refractivity contribution is 5.86. The van der Waals surface area contributed by atoms with Crippen LogP contribution in [0.15, 0.2) is 12.2 Å². The molecule has 0 aromatic rings. The zero-order valence-corrected chi connectivity index (χ0v) is 10.3. The Kier molecular flexibility index (Phi) is 5.53. The van der Waals surface area contributed by atoms with E-state index < -0.39 is 0 Å². The molecule has 2 unspecified atom stereocenters. The van der Waals surface area contributed by atoms with Crippen molar-refractivity contribution in [1.29, 1.82) is 0 Å². The average molecular weight is 226 g/mol. The van der Waals surface area contributed by atoms with Crippen LogP contribution in [0.1, 0.15) is 39.0 Å². The molecule has 0 spiro atoms. The van der Waals surface area contributed by atoms with Gasteiger partial charge in [0.25, 0.3) is 0 Å². The monoisotopic (exact) mass is 226 g/mol. The summed E-state index contributed by atoms with van der Waals surface area (Å²) in [5, 5.41) is 0. The fourth-order valence-corrected chi connectivity index (χ4v) is 2.16. The number of carbonyl (C=O) groups excluding carboxylic acids is 1. The van der Waals surface area contributed by atoms with Crippen molar-refractivity contribution in [2.24, 2.45) is 5.92 Å². The van der Waals surface area contributed by atoms with Gasteiger partial charge in [-0.25, -0.2) is 4.79 Å². The second-order valence-electron chi connectivity index (χ2n) is 4.60. The Hall–Kier alpha value is -0.830. The Bertz CT molecular complexity index is 248. The maximum atomic E-state index is 11.2. The van der Waals surface area contributed by atoms with E-state index in [1.54, 1.807) is 14.0 Å². The topological polar surface area (TPSA) is 35.5 Å². The Morgan fingerprint density at radius 3 is 2.81 bits per heavy atom. The van der Waals surface area contributed by atoms with Gasteiger partial charge in [0.15, 0.2) is 0 Å². The van der Waals surface area contributed by atoms with Gasteiger partial charge in [0.05, 0.1) is 12.7 Å². The molecule has 0 amide bonds. The van der Waals surface area contributed by atoms with Gasteiger partial charge < -0.3 is 9.47 Å². The predicted octanol–water partition coefficient (Wildman–Crippen LogP) is 2.70. The molecule has 1 fully saturated rings. The summed E-state index contributed by atoms with van der Waals surface area (Å²) < 4.78 is 10.5. The van der Waals surface area contributed by atoms with Crippen LogP contribution in [0, 0.1) is 5.92 Å². The number of rotatable bonds is 5. The highest BCUT2D eigenvalue weighted by Crippen LogP contribution is 2.28. The number of methoxy groups -OCH3 is 1. The zero-order chi connectivity index (χ0) is 12.0. The Morgan fingerprint density at radius 1 is 1.44 bits per heavy atom. The first-order chi connectivity index (χ1) is 7.63. The first-order valence-corrected chi connectivity index (χ1v) is 5.99. The lowest BCUT2D eigenvalue weighted by Crippen LogP contribution is -2.23. The van der Waals surface area contributed by atoms with E-state index in [1.807, 2.05) is 0 Å². The Labute approximate surface area is 97.8 Å². The van der Waals surface area contributed by atoms with Gasteiger partial charge in [-0.3, -0.25) is 0 Å². The summed E-state index contributed by atoms with van der Waals surface area (Å²) in [5.41, 5.74) is 0.471. The molecule has 1 saturated carbocycles. The van der Waals surface area contributed by atoms with E-state index in [1.165, 1.54) is 19.3 Å². The molecule has 0 bridgehead atoms. The molecule has 3 nitrogen and oxygen atoms in total. The third kappa shape index (κ3) is 4.35.